The summed E-state index contributed by atoms with van der Waals surface area (Å²) >= 11 is 0. The minimum absolute atomic E-state index is 0.00988. The van der Waals surface area contributed by atoms with Gasteiger partial charge in [-0.1, -0.05) is 18.2 Å². The minimum Gasteiger partial charge on any atom is -0.396 e. The SMILES string of the molecule is COCCC1(C)C(=CC=CC=CC2=[N+](C(C)(C)CCO)c3ccc(S(=O)(=O)O)cc3C2(C)CCCS(=O)(=O)O)[N+](CCOC(C)(C)CCC(=O)ON2C(=O)CCC2=O)(C(C)C)c2ccc(S(=O)(=O)O)cc21. The molecule has 71 heavy (non-hydrogen) atoms. The molecule has 22 heteroatoms. The number of methoxy groups -OCH3 is 1. The zero-order chi connectivity index (χ0) is 53.2. The molecule has 1 fully saturated rings. The molecule has 3 heterocycles. The maximum absolute atomic E-state index is 12.7. The molecule has 392 valence electrons. The summed E-state index contributed by atoms with van der Waals surface area (Å²) in [6.07, 6.45) is 9.90. The van der Waals surface area contributed by atoms with E-state index in [4.69, 9.17) is 14.3 Å². The Labute approximate surface area is 417 Å². The highest BCUT2D eigenvalue weighted by Crippen LogP contribution is 2.56. The second kappa shape index (κ2) is 21.5. The Hall–Kier alpha value is -4.49. The van der Waals surface area contributed by atoms with Crippen LogP contribution in [-0.4, -0.2) is 134 Å². The fourth-order valence-electron chi connectivity index (χ4n) is 10.2. The Balaban J connectivity index is 1.60. The molecule has 0 saturated carbocycles. The first-order chi connectivity index (χ1) is 32.8. The molecule has 0 radical (unpaired) electrons. The molecule has 3 unspecified atom stereocenters. The zero-order valence-electron chi connectivity index (χ0n) is 41.9. The van der Waals surface area contributed by atoms with Gasteiger partial charge in [-0.05, 0) is 97.6 Å². The number of rotatable bonds is 24. The number of amides is 2. The van der Waals surface area contributed by atoms with Gasteiger partial charge < -0.3 is 19.4 Å². The summed E-state index contributed by atoms with van der Waals surface area (Å²) in [6.45, 7) is 15.8. The topological polar surface area (TPSA) is 268 Å². The van der Waals surface area contributed by atoms with Crippen molar-refractivity contribution in [2.45, 2.75) is 145 Å². The first-order valence-corrected chi connectivity index (χ1v) is 27.9. The highest BCUT2D eigenvalue weighted by molar-refractivity contribution is 7.86. The van der Waals surface area contributed by atoms with Crippen LogP contribution in [0.1, 0.15) is 118 Å². The van der Waals surface area contributed by atoms with Gasteiger partial charge in [0.2, 0.25) is 5.69 Å². The number of quaternary nitrogens is 1. The summed E-state index contributed by atoms with van der Waals surface area (Å²) in [6, 6.07) is 8.55. The molecule has 3 aliphatic rings. The van der Waals surface area contributed by atoms with Crippen LogP contribution in [0.3, 0.4) is 0 Å². The molecule has 2 amide bonds. The van der Waals surface area contributed by atoms with Gasteiger partial charge in [0, 0.05) is 82.8 Å². The van der Waals surface area contributed by atoms with Gasteiger partial charge in [-0.2, -0.15) is 29.8 Å². The van der Waals surface area contributed by atoms with E-state index in [0.29, 0.717) is 40.6 Å². The van der Waals surface area contributed by atoms with Crippen molar-refractivity contribution in [3.05, 3.63) is 83.6 Å². The predicted molar refractivity (Wildman–Crippen MR) is 265 cm³/mol. The van der Waals surface area contributed by atoms with E-state index in [1.165, 1.54) is 24.3 Å². The predicted octanol–water partition coefficient (Wildman–Crippen LogP) is 6.27. The second-order valence-electron chi connectivity index (χ2n) is 20.2. The van der Waals surface area contributed by atoms with Gasteiger partial charge >= 0.3 is 5.97 Å². The summed E-state index contributed by atoms with van der Waals surface area (Å²) < 4.78 is 118. The summed E-state index contributed by atoms with van der Waals surface area (Å²) in [7, 11) is -12.1. The Morgan fingerprint density at radius 3 is 2.01 bits per heavy atom. The van der Waals surface area contributed by atoms with Gasteiger partial charge in [0.05, 0.1) is 51.0 Å². The normalized spacial score (nSPS) is 22.8. The quantitative estimate of drug-likeness (QED) is 0.0297. The van der Waals surface area contributed by atoms with Crippen molar-refractivity contribution < 1.29 is 77.3 Å². The summed E-state index contributed by atoms with van der Waals surface area (Å²) in [5.74, 6) is -2.49. The number of allylic oxidation sites excluding steroid dienone is 6. The van der Waals surface area contributed by atoms with Gasteiger partial charge in [0.1, 0.15) is 17.9 Å². The number of imide groups is 1. The molecule has 3 atom stereocenters. The molecule has 4 N–H and O–H groups in total. The number of carbonyl (C=O) groups excluding carboxylic acids is 3. The number of aliphatic hydroxyl groups is 1. The van der Waals surface area contributed by atoms with Crippen molar-refractivity contribution in [1.82, 2.24) is 9.55 Å². The summed E-state index contributed by atoms with van der Waals surface area (Å²) in [5, 5.41) is 10.7. The van der Waals surface area contributed by atoms with Gasteiger partial charge in [-0.25, -0.2) is 4.79 Å². The number of hydrogen-bond donors (Lipinski definition) is 4. The number of hydrogen-bond acceptors (Lipinski definition) is 13. The van der Waals surface area contributed by atoms with Crippen molar-refractivity contribution in [1.29, 1.82) is 0 Å². The van der Waals surface area contributed by atoms with E-state index in [1.807, 2.05) is 64.3 Å². The summed E-state index contributed by atoms with van der Waals surface area (Å²) in [4.78, 5) is 41.2. The highest BCUT2D eigenvalue weighted by atomic mass is 32.2. The lowest BCUT2D eigenvalue weighted by atomic mass is 9.75. The molecule has 19 nitrogen and oxygen atoms in total. The lowest BCUT2D eigenvalue weighted by Crippen LogP contribution is -2.56. The van der Waals surface area contributed by atoms with Crippen LogP contribution in [0.25, 0.3) is 0 Å². The van der Waals surface area contributed by atoms with Gasteiger partial charge in [0.25, 0.3) is 42.2 Å². The number of nitrogens with zero attached hydrogens (tertiary/aromatic N) is 3. The Bertz CT molecular complexity index is 2850. The van der Waals surface area contributed by atoms with Crippen LogP contribution in [0.15, 0.2) is 82.3 Å². The number of aliphatic hydroxyl groups excluding tert-OH is 1. The molecular formula is C49H69N3O16S3+2. The maximum atomic E-state index is 12.7. The third kappa shape index (κ3) is 12.5. The van der Waals surface area contributed by atoms with Crippen molar-refractivity contribution in [3.63, 3.8) is 0 Å². The van der Waals surface area contributed by atoms with Crippen LogP contribution in [0, 0.1) is 0 Å². The van der Waals surface area contributed by atoms with Crippen LogP contribution in [0.2, 0.25) is 0 Å². The fourth-order valence-corrected chi connectivity index (χ4v) is 11.7. The molecular weight excluding hydrogens is 983 g/mol. The number of benzene rings is 2. The van der Waals surface area contributed by atoms with Gasteiger partial charge in [0.15, 0.2) is 11.3 Å². The molecule has 0 bridgehead atoms. The molecule has 2 aromatic carbocycles. The van der Waals surface area contributed by atoms with E-state index in [-0.39, 0.29) is 85.1 Å². The Kier molecular flexibility index (Phi) is 17.4. The molecule has 5 rings (SSSR count). The molecule has 3 aliphatic heterocycles. The molecule has 1 saturated heterocycles. The molecule has 0 spiro atoms. The third-order valence-electron chi connectivity index (χ3n) is 14.1. The molecule has 0 aromatic heterocycles. The zero-order valence-corrected chi connectivity index (χ0v) is 44.3. The van der Waals surface area contributed by atoms with Crippen LogP contribution < -0.4 is 4.48 Å². The standard InChI is InChI=1S/C49H67N3O16S3/c1-34(2)52(27-30-67-47(5,6)24-22-45(56)68-51-43(54)20-21-44(51)55)40-19-17-36(71(63,64)65)33-38(40)49(8,26-29-66-9)42(52)15-12-10-11-14-41-48(7,23-13-31-69(57,58)59)37-32-35(70(60,61)62)16-18-39(37)50(41)46(3,4)25-28-53/h10-12,14-19,32-34,53H,13,20-31H2,1-9H3,(H-2,57,58,59,60,61,62,63,64,65)/p+2. The Morgan fingerprint density at radius 1 is 0.845 bits per heavy atom. The van der Waals surface area contributed by atoms with Crippen molar-refractivity contribution in [2.24, 2.45) is 0 Å². The average molecular weight is 1050 g/mol. The number of fused-ring (bicyclic) bond motifs is 2. The fraction of sp³-hybridized carbons (Fsp3) is 0.551. The summed E-state index contributed by atoms with van der Waals surface area (Å²) in [5.41, 5.74) is 0.298. The first kappa shape index (κ1) is 57.4. The highest BCUT2D eigenvalue weighted by Gasteiger charge is 2.58. The third-order valence-corrected chi connectivity index (χ3v) is 16.6. The van der Waals surface area contributed by atoms with Crippen LogP contribution in [-0.2, 0) is 69.9 Å². The monoisotopic (exact) mass is 1050 g/mol. The number of ether oxygens (including phenoxy) is 2. The second-order valence-corrected chi connectivity index (χ2v) is 24.7. The van der Waals surface area contributed by atoms with E-state index < -0.39 is 75.9 Å². The van der Waals surface area contributed by atoms with Crippen molar-refractivity contribution in [3.8, 4) is 0 Å². The van der Waals surface area contributed by atoms with E-state index in [2.05, 4.69) is 0 Å². The number of carbonyl (C=O) groups is 3. The van der Waals surface area contributed by atoms with E-state index in [0.717, 1.165) is 11.4 Å². The Morgan fingerprint density at radius 2 is 1.45 bits per heavy atom. The largest absolute Gasteiger partial charge is 0.396 e. The average Bonchev–Trinajstić information content (AvgIpc) is 3.79. The van der Waals surface area contributed by atoms with Crippen molar-refractivity contribution in [2.75, 3.05) is 39.2 Å². The van der Waals surface area contributed by atoms with Crippen LogP contribution in [0.5, 0.6) is 0 Å². The van der Waals surface area contributed by atoms with E-state index in [9.17, 15) is 58.4 Å². The van der Waals surface area contributed by atoms with Crippen LogP contribution >= 0.6 is 0 Å². The minimum atomic E-state index is -4.65. The first-order valence-electron chi connectivity index (χ1n) is 23.4. The van der Waals surface area contributed by atoms with Gasteiger partial charge in [-0.3, -0.25) is 27.7 Å². The van der Waals surface area contributed by atoms with Crippen LogP contribution in [0.4, 0.5) is 11.4 Å². The smallest absolute Gasteiger partial charge is 0.333 e. The lowest BCUT2D eigenvalue weighted by molar-refractivity contribution is -0.524. The van der Waals surface area contributed by atoms with E-state index >= 15 is 0 Å². The lowest BCUT2D eigenvalue weighted by Gasteiger charge is -2.42. The molecule has 0 aliphatic carbocycles. The van der Waals surface area contributed by atoms with E-state index in [1.54, 1.807) is 45.2 Å². The number of hydroxylamine groups is 2. The maximum Gasteiger partial charge on any atom is 0.333 e. The van der Waals surface area contributed by atoms with Crippen molar-refractivity contribution >= 4 is 65.2 Å². The molecule has 2 aromatic rings. The van der Waals surface area contributed by atoms with Gasteiger partial charge in [-0.15, -0.1) is 5.06 Å².